The summed E-state index contributed by atoms with van der Waals surface area (Å²) >= 11 is 14.7. The van der Waals surface area contributed by atoms with E-state index in [2.05, 4.69) is 24.0 Å². The molecular weight excluding hydrogens is 529 g/mol. The minimum atomic E-state index is -0.841. The third kappa shape index (κ3) is 7.44. The highest BCUT2D eigenvalue weighted by atomic mass is 35.5. The van der Waals surface area contributed by atoms with Gasteiger partial charge < -0.3 is 14.8 Å². The summed E-state index contributed by atoms with van der Waals surface area (Å²) in [5.41, 5.74) is 2.71. The number of benzene rings is 2. The first kappa shape index (κ1) is 28.9. The van der Waals surface area contributed by atoms with Gasteiger partial charge in [-0.05, 0) is 44.9 Å². The van der Waals surface area contributed by atoms with E-state index in [-0.39, 0.29) is 17.2 Å². The van der Waals surface area contributed by atoms with E-state index in [9.17, 15) is 9.59 Å². The van der Waals surface area contributed by atoms with Crippen LogP contribution in [0.2, 0.25) is 10.0 Å². The Morgan fingerprint density at radius 1 is 1.03 bits per heavy atom. The van der Waals surface area contributed by atoms with Crippen LogP contribution in [0.1, 0.15) is 44.7 Å². The van der Waals surface area contributed by atoms with Crippen molar-refractivity contribution in [3.8, 4) is 0 Å². The van der Waals surface area contributed by atoms with Crippen molar-refractivity contribution in [2.75, 3.05) is 12.4 Å². The Bertz CT molecular complexity index is 1230. The molecule has 3 rings (SSSR count). The number of nitrogens with one attached hydrogen (secondary N) is 1. The van der Waals surface area contributed by atoms with Crippen molar-refractivity contribution < 1.29 is 19.1 Å². The summed E-state index contributed by atoms with van der Waals surface area (Å²) in [7, 11) is 0. The van der Waals surface area contributed by atoms with E-state index in [4.69, 9.17) is 32.7 Å². The molecule has 1 atom stereocenters. The van der Waals surface area contributed by atoms with Gasteiger partial charge in [0, 0.05) is 22.9 Å². The molecule has 196 valence electrons. The van der Waals surface area contributed by atoms with Crippen LogP contribution < -0.4 is 5.32 Å². The molecule has 0 aliphatic carbocycles. The van der Waals surface area contributed by atoms with Crippen LogP contribution in [-0.2, 0) is 24.8 Å². The van der Waals surface area contributed by atoms with Crippen LogP contribution in [0.3, 0.4) is 0 Å². The van der Waals surface area contributed by atoms with Crippen LogP contribution >= 0.6 is 35.0 Å². The quantitative estimate of drug-likeness (QED) is 0.258. The fourth-order valence-electron chi connectivity index (χ4n) is 3.97. The number of esters is 2. The number of carbonyl (C=O) groups is 2. The molecule has 37 heavy (non-hydrogen) atoms. The van der Waals surface area contributed by atoms with E-state index in [1.807, 2.05) is 18.2 Å². The zero-order chi connectivity index (χ0) is 27.2. The van der Waals surface area contributed by atoms with E-state index in [1.54, 1.807) is 57.7 Å². The zero-order valence-electron chi connectivity index (χ0n) is 21.4. The van der Waals surface area contributed by atoms with Gasteiger partial charge in [-0.3, -0.25) is 0 Å². The molecule has 5 nitrogen and oxygen atoms in total. The molecule has 0 aromatic heterocycles. The van der Waals surface area contributed by atoms with Crippen molar-refractivity contribution in [3.63, 3.8) is 0 Å². The molecule has 8 heteroatoms. The smallest absolute Gasteiger partial charge is 0.337 e. The third-order valence-electron chi connectivity index (χ3n) is 5.47. The summed E-state index contributed by atoms with van der Waals surface area (Å²) in [5, 5.41) is 3.87. The van der Waals surface area contributed by atoms with Crippen molar-refractivity contribution in [2.45, 2.75) is 45.0 Å². The normalized spacial score (nSPS) is 15.8. The van der Waals surface area contributed by atoms with Crippen molar-refractivity contribution in [3.05, 3.63) is 105 Å². The minimum Gasteiger partial charge on any atom is -0.458 e. The highest BCUT2D eigenvalue weighted by Gasteiger charge is 2.41. The van der Waals surface area contributed by atoms with Gasteiger partial charge >= 0.3 is 11.9 Å². The molecule has 0 saturated carbocycles. The first-order valence-electron chi connectivity index (χ1n) is 11.8. The molecule has 0 amide bonds. The van der Waals surface area contributed by atoms with Gasteiger partial charge in [-0.25, -0.2) is 9.59 Å². The number of rotatable bonds is 9. The molecule has 0 spiro atoms. The maximum absolute atomic E-state index is 13.7. The summed E-state index contributed by atoms with van der Waals surface area (Å²) in [6.45, 7) is 10.8. The van der Waals surface area contributed by atoms with Gasteiger partial charge in [-0.1, -0.05) is 78.3 Å². The number of thioether (sulfide) groups is 1. The van der Waals surface area contributed by atoms with Gasteiger partial charge in [0.25, 0.3) is 0 Å². The van der Waals surface area contributed by atoms with Gasteiger partial charge in [-0.15, -0.1) is 0 Å². The number of ether oxygens (including phenoxy) is 2. The van der Waals surface area contributed by atoms with Gasteiger partial charge in [0.2, 0.25) is 0 Å². The SMILES string of the molecule is C=CCOC(=O)C1=C(C)NC(CSCc2ccccc2)=C(C(=O)OC(C)(C)C)C1c1cccc(Cl)c1Cl. The molecule has 1 aliphatic heterocycles. The van der Waals surface area contributed by atoms with E-state index in [1.165, 1.54) is 6.08 Å². The van der Waals surface area contributed by atoms with Crippen LogP contribution in [0.5, 0.6) is 0 Å². The Labute approximate surface area is 232 Å². The number of allylic oxidation sites excluding steroid dienone is 1. The van der Waals surface area contributed by atoms with Crippen LogP contribution in [0.15, 0.2) is 83.7 Å². The van der Waals surface area contributed by atoms with Gasteiger partial charge in [-0.2, -0.15) is 11.8 Å². The molecule has 1 heterocycles. The van der Waals surface area contributed by atoms with Crippen LogP contribution in [0, 0.1) is 0 Å². The lowest BCUT2D eigenvalue weighted by atomic mass is 9.80. The molecule has 0 radical (unpaired) electrons. The molecule has 1 unspecified atom stereocenters. The fraction of sp³-hybridized carbons (Fsp3) is 0.310. The standard InChI is InChI=1S/C29H31Cl2NO4S/c1-6-15-35-27(33)23-18(2)32-22(17-37-16-19-11-8-7-9-12-19)25(28(34)36-29(3,4)5)24(23)20-13-10-14-21(30)26(20)31/h6-14,24,32H,1,15-17H2,2-5H3. The summed E-state index contributed by atoms with van der Waals surface area (Å²) in [5.74, 6) is -0.745. The van der Waals surface area contributed by atoms with Gasteiger partial charge in [0.1, 0.15) is 12.2 Å². The number of halogens is 2. The first-order chi connectivity index (χ1) is 17.5. The Kier molecular flexibility index (Phi) is 9.93. The number of hydrogen-bond donors (Lipinski definition) is 1. The van der Waals surface area contributed by atoms with Gasteiger partial charge in [0.05, 0.1) is 27.1 Å². The van der Waals surface area contributed by atoms with Crippen LogP contribution in [0.4, 0.5) is 0 Å². The topological polar surface area (TPSA) is 64.6 Å². The molecule has 2 aromatic carbocycles. The van der Waals surface area contributed by atoms with Gasteiger partial charge in [0.15, 0.2) is 0 Å². The summed E-state index contributed by atoms with van der Waals surface area (Å²) in [4.78, 5) is 27.0. The average Bonchev–Trinajstić information content (AvgIpc) is 2.83. The predicted octanol–water partition coefficient (Wildman–Crippen LogP) is 7.21. The highest BCUT2D eigenvalue weighted by molar-refractivity contribution is 7.98. The lowest BCUT2D eigenvalue weighted by Crippen LogP contribution is -2.36. The molecular formula is C29H31Cl2NO4S. The highest BCUT2D eigenvalue weighted by Crippen LogP contribution is 2.44. The second-order valence-corrected chi connectivity index (χ2v) is 11.3. The van der Waals surface area contributed by atoms with Crippen molar-refractivity contribution in [2.24, 2.45) is 0 Å². The second kappa shape index (κ2) is 12.7. The Morgan fingerprint density at radius 2 is 1.73 bits per heavy atom. The summed E-state index contributed by atoms with van der Waals surface area (Å²) in [6, 6.07) is 15.2. The zero-order valence-corrected chi connectivity index (χ0v) is 23.7. The fourth-order valence-corrected chi connectivity index (χ4v) is 5.35. The molecule has 0 fully saturated rings. The lowest BCUT2D eigenvalue weighted by Gasteiger charge is -2.33. The molecule has 0 saturated heterocycles. The summed E-state index contributed by atoms with van der Waals surface area (Å²) in [6.07, 6.45) is 1.49. The van der Waals surface area contributed by atoms with Crippen LogP contribution in [-0.4, -0.2) is 29.9 Å². The second-order valence-electron chi connectivity index (χ2n) is 9.50. The maximum atomic E-state index is 13.7. The molecule has 2 aromatic rings. The monoisotopic (exact) mass is 559 g/mol. The van der Waals surface area contributed by atoms with E-state index in [0.29, 0.717) is 33.3 Å². The summed E-state index contributed by atoms with van der Waals surface area (Å²) < 4.78 is 11.2. The van der Waals surface area contributed by atoms with E-state index >= 15 is 0 Å². The number of hydrogen-bond acceptors (Lipinski definition) is 6. The van der Waals surface area contributed by atoms with Crippen molar-refractivity contribution >= 4 is 46.9 Å². The largest absolute Gasteiger partial charge is 0.458 e. The Morgan fingerprint density at radius 3 is 2.38 bits per heavy atom. The van der Waals surface area contributed by atoms with E-state index < -0.39 is 23.5 Å². The average molecular weight is 561 g/mol. The Hall–Kier alpha value is -2.67. The van der Waals surface area contributed by atoms with E-state index in [0.717, 1.165) is 11.3 Å². The Balaban J connectivity index is 2.14. The lowest BCUT2D eigenvalue weighted by molar-refractivity contribution is -0.150. The first-order valence-corrected chi connectivity index (χ1v) is 13.7. The van der Waals surface area contributed by atoms with Crippen LogP contribution in [0.25, 0.3) is 0 Å². The molecule has 0 bridgehead atoms. The van der Waals surface area contributed by atoms with Crippen molar-refractivity contribution in [1.29, 1.82) is 0 Å². The number of dihydropyridines is 1. The molecule has 1 aliphatic rings. The predicted molar refractivity (Wildman–Crippen MR) is 152 cm³/mol. The molecule has 1 N–H and O–H groups in total. The number of carbonyl (C=O) groups excluding carboxylic acids is 2. The maximum Gasteiger partial charge on any atom is 0.337 e. The third-order valence-corrected chi connectivity index (χ3v) is 7.33. The minimum absolute atomic E-state index is 0.0247. The van der Waals surface area contributed by atoms with Crippen molar-refractivity contribution in [1.82, 2.24) is 5.32 Å².